The van der Waals surface area contributed by atoms with E-state index in [0.717, 1.165) is 25.0 Å². The number of anilines is 1. The molecule has 2 unspecified atom stereocenters. The van der Waals surface area contributed by atoms with Crippen molar-refractivity contribution in [1.29, 1.82) is 0 Å². The first kappa shape index (κ1) is 16.4. The van der Waals surface area contributed by atoms with Crippen molar-refractivity contribution < 1.29 is 8.42 Å². The lowest BCUT2D eigenvalue weighted by atomic mass is 9.95. The molecule has 0 aromatic carbocycles. The topological polar surface area (TPSA) is 93.4 Å². The van der Waals surface area contributed by atoms with Crippen molar-refractivity contribution in [1.82, 2.24) is 14.6 Å². The third-order valence-corrected chi connectivity index (χ3v) is 6.70. The Hall–Kier alpha value is -1.48. The summed E-state index contributed by atoms with van der Waals surface area (Å²) in [6.45, 7) is 1.95. The van der Waals surface area contributed by atoms with Gasteiger partial charge in [0.05, 0.1) is 5.25 Å². The van der Waals surface area contributed by atoms with E-state index in [0.29, 0.717) is 22.9 Å². The second-order valence-electron chi connectivity index (χ2n) is 6.00. The fourth-order valence-electron chi connectivity index (χ4n) is 2.94. The second-order valence-corrected chi connectivity index (χ2v) is 9.28. The highest BCUT2D eigenvalue weighted by molar-refractivity contribution is 7.91. The first-order valence-electron chi connectivity index (χ1n) is 7.72. The zero-order chi connectivity index (χ0) is 16.6. The molecule has 0 aliphatic heterocycles. The molecule has 7 nitrogen and oxygen atoms in total. The van der Waals surface area contributed by atoms with Gasteiger partial charge in [-0.1, -0.05) is 24.7 Å². The van der Waals surface area contributed by atoms with E-state index >= 15 is 0 Å². The van der Waals surface area contributed by atoms with Crippen LogP contribution in [0.2, 0.25) is 0 Å². The van der Waals surface area contributed by atoms with Crippen LogP contribution in [0.1, 0.15) is 38.3 Å². The predicted molar refractivity (Wildman–Crippen MR) is 91.0 cm³/mol. The number of fused-ring (bicyclic) bond motifs is 1. The monoisotopic (exact) mass is 356 g/mol. The van der Waals surface area contributed by atoms with Gasteiger partial charge < -0.3 is 5.32 Å². The normalized spacial score (nSPS) is 22.3. The van der Waals surface area contributed by atoms with Crippen LogP contribution in [0.15, 0.2) is 10.9 Å². The molecule has 0 bridgehead atoms. The van der Waals surface area contributed by atoms with Crippen LogP contribution < -0.4 is 10.9 Å². The highest BCUT2D eigenvalue weighted by Crippen LogP contribution is 2.27. The van der Waals surface area contributed by atoms with Crippen molar-refractivity contribution in [3.8, 4) is 0 Å². The summed E-state index contributed by atoms with van der Waals surface area (Å²) in [4.78, 5) is 17.0. The van der Waals surface area contributed by atoms with Gasteiger partial charge in [0.2, 0.25) is 10.1 Å². The van der Waals surface area contributed by atoms with Crippen LogP contribution >= 0.6 is 11.3 Å². The Morgan fingerprint density at radius 2 is 2.22 bits per heavy atom. The molecule has 9 heteroatoms. The minimum atomic E-state index is -3.02. The number of hydrogen-bond acceptors (Lipinski definition) is 7. The van der Waals surface area contributed by atoms with Crippen molar-refractivity contribution in [3.63, 3.8) is 0 Å². The zero-order valence-electron chi connectivity index (χ0n) is 13.2. The molecule has 2 atom stereocenters. The van der Waals surface area contributed by atoms with E-state index < -0.39 is 9.84 Å². The minimum absolute atomic E-state index is 0.0605. The Morgan fingerprint density at radius 3 is 2.91 bits per heavy atom. The maximum atomic E-state index is 12.0. The largest absolute Gasteiger partial charge is 0.357 e. The Kier molecular flexibility index (Phi) is 4.41. The molecular weight excluding hydrogens is 336 g/mol. The van der Waals surface area contributed by atoms with Crippen LogP contribution in [-0.2, 0) is 16.3 Å². The van der Waals surface area contributed by atoms with Gasteiger partial charge in [-0.25, -0.2) is 13.4 Å². The lowest BCUT2D eigenvalue weighted by molar-refractivity contribution is 0.452. The van der Waals surface area contributed by atoms with Gasteiger partial charge in [0, 0.05) is 24.1 Å². The molecule has 1 fully saturated rings. The third kappa shape index (κ3) is 3.55. The first-order valence-corrected chi connectivity index (χ1v) is 10.5. The lowest BCUT2D eigenvalue weighted by Crippen LogP contribution is -2.34. The summed E-state index contributed by atoms with van der Waals surface area (Å²) in [6.07, 6.45) is 5.08. The number of aromatic nitrogens is 3. The lowest BCUT2D eigenvalue weighted by Gasteiger charge is -2.28. The van der Waals surface area contributed by atoms with E-state index in [1.165, 1.54) is 28.2 Å². The average molecular weight is 356 g/mol. The molecule has 0 saturated heterocycles. The molecule has 1 aliphatic carbocycles. The summed E-state index contributed by atoms with van der Waals surface area (Å²) in [5.41, 5.74) is 0.564. The maximum Gasteiger partial charge on any atom is 0.275 e. The van der Waals surface area contributed by atoms with Crippen molar-refractivity contribution in [2.75, 3.05) is 11.6 Å². The first-order chi connectivity index (χ1) is 10.9. The number of rotatable bonds is 4. The number of aryl methyl sites for hydroxylation is 1. The zero-order valence-corrected chi connectivity index (χ0v) is 14.8. The summed E-state index contributed by atoms with van der Waals surface area (Å²) in [5, 5.41) is 7.87. The molecule has 0 spiro atoms. The summed E-state index contributed by atoms with van der Waals surface area (Å²) >= 11 is 1.32. The van der Waals surface area contributed by atoms with Crippen molar-refractivity contribution in [2.45, 2.75) is 50.3 Å². The number of nitrogens with one attached hydrogen (secondary N) is 1. The Labute approximate surface area is 138 Å². The molecule has 3 rings (SSSR count). The predicted octanol–water partition coefficient (Wildman–Crippen LogP) is 1.48. The van der Waals surface area contributed by atoms with Crippen LogP contribution in [0.5, 0.6) is 0 Å². The number of nitrogens with zero attached hydrogens (tertiary/aromatic N) is 3. The molecule has 126 valence electrons. The molecule has 2 aromatic rings. The minimum Gasteiger partial charge on any atom is -0.357 e. The fraction of sp³-hybridized carbons (Fsp3) is 0.643. The molecule has 2 heterocycles. The molecular formula is C14H20N4O3S2. The van der Waals surface area contributed by atoms with E-state index in [2.05, 4.69) is 15.4 Å². The molecule has 0 amide bonds. The van der Waals surface area contributed by atoms with E-state index in [4.69, 9.17) is 0 Å². The van der Waals surface area contributed by atoms with Gasteiger partial charge in [-0.3, -0.25) is 4.79 Å². The van der Waals surface area contributed by atoms with Crippen LogP contribution in [-0.4, -0.2) is 40.6 Å². The smallest absolute Gasteiger partial charge is 0.275 e. The Morgan fingerprint density at radius 1 is 1.43 bits per heavy atom. The molecule has 23 heavy (non-hydrogen) atoms. The molecule has 1 aliphatic rings. The van der Waals surface area contributed by atoms with Crippen LogP contribution in [0.25, 0.3) is 4.96 Å². The summed E-state index contributed by atoms with van der Waals surface area (Å²) < 4.78 is 24.8. The summed E-state index contributed by atoms with van der Waals surface area (Å²) in [7, 11) is -3.02. The van der Waals surface area contributed by atoms with Gasteiger partial charge in [0.15, 0.2) is 0 Å². The number of sulfone groups is 1. The Balaban J connectivity index is 1.81. The standard InChI is InChI=1S/C14H20N4O3S2/c1-3-9-8-12(19)18-14(16-9)22-13(17-18)15-10-5-4-6-11(7-10)23(2,20)21/h8,10-11H,3-7H2,1-2H3,(H,15,17). The fourth-order valence-corrected chi connectivity index (χ4v) is 5.01. The van der Waals surface area contributed by atoms with E-state index in [1.807, 2.05) is 6.92 Å². The van der Waals surface area contributed by atoms with Crippen LogP contribution in [0.4, 0.5) is 5.13 Å². The molecule has 1 N–H and O–H groups in total. The van der Waals surface area contributed by atoms with Crippen LogP contribution in [0.3, 0.4) is 0 Å². The quantitative estimate of drug-likeness (QED) is 0.892. The van der Waals surface area contributed by atoms with E-state index in [-0.39, 0.29) is 16.9 Å². The van der Waals surface area contributed by atoms with Gasteiger partial charge in [0.25, 0.3) is 5.56 Å². The SMILES string of the molecule is CCc1cc(=O)n2nc(NC3CCCC(S(C)(=O)=O)C3)sc2n1. The number of hydrogen-bond donors (Lipinski definition) is 1. The van der Waals surface area contributed by atoms with E-state index in [1.54, 1.807) is 0 Å². The Bertz CT molecular complexity index is 872. The van der Waals surface area contributed by atoms with Gasteiger partial charge in [-0.05, 0) is 25.7 Å². The van der Waals surface area contributed by atoms with E-state index in [9.17, 15) is 13.2 Å². The summed E-state index contributed by atoms with van der Waals surface area (Å²) in [6, 6.07) is 1.56. The summed E-state index contributed by atoms with van der Waals surface area (Å²) in [5.74, 6) is 0. The van der Waals surface area contributed by atoms with Gasteiger partial charge in [-0.15, -0.1) is 5.10 Å². The maximum absolute atomic E-state index is 12.0. The van der Waals surface area contributed by atoms with Gasteiger partial charge in [0.1, 0.15) is 9.84 Å². The second kappa shape index (κ2) is 6.20. The van der Waals surface area contributed by atoms with Gasteiger partial charge in [-0.2, -0.15) is 4.52 Å². The highest BCUT2D eigenvalue weighted by Gasteiger charge is 2.29. The molecule has 0 radical (unpaired) electrons. The average Bonchev–Trinajstić information content (AvgIpc) is 2.89. The molecule has 1 saturated carbocycles. The third-order valence-electron chi connectivity index (χ3n) is 4.22. The van der Waals surface area contributed by atoms with Crippen molar-refractivity contribution >= 4 is 31.3 Å². The highest BCUT2D eigenvalue weighted by atomic mass is 32.2. The van der Waals surface area contributed by atoms with Crippen molar-refractivity contribution in [3.05, 3.63) is 22.1 Å². The van der Waals surface area contributed by atoms with Crippen LogP contribution in [0, 0.1) is 0 Å². The van der Waals surface area contributed by atoms with Crippen molar-refractivity contribution in [2.24, 2.45) is 0 Å². The van der Waals surface area contributed by atoms with Gasteiger partial charge >= 0.3 is 0 Å². The molecule has 2 aromatic heterocycles.